The van der Waals surface area contributed by atoms with Crippen molar-refractivity contribution in [3.05, 3.63) is 0 Å². The summed E-state index contributed by atoms with van der Waals surface area (Å²) < 4.78 is 0. The average Bonchev–Trinajstić information content (AvgIpc) is 2.99. The van der Waals surface area contributed by atoms with Crippen molar-refractivity contribution in [3.8, 4) is 0 Å². The summed E-state index contributed by atoms with van der Waals surface area (Å²) in [4.78, 5) is 41.4. The summed E-state index contributed by atoms with van der Waals surface area (Å²) in [5.41, 5.74) is 4.85. The Hall–Kier alpha value is -1.43. The molecule has 0 aromatic heterocycles. The molecule has 1 atom stereocenters. The molecule has 33 heavy (non-hydrogen) atoms. The van der Waals surface area contributed by atoms with Gasteiger partial charge in [0.1, 0.15) is 0 Å². The van der Waals surface area contributed by atoms with Gasteiger partial charge in [-0.25, -0.2) is 0 Å². The predicted octanol–water partition coefficient (Wildman–Crippen LogP) is 5.18. The van der Waals surface area contributed by atoms with E-state index >= 15 is 0 Å². The molecule has 3 amide bonds. The van der Waals surface area contributed by atoms with Gasteiger partial charge in [0.15, 0.2) is 0 Å². The Morgan fingerprint density at radius 1 is 0.879 bits per heavy atom. The van der Waals surface area contributed by atoms with Gasteiger partial charge in [-0.15, -0.1) is 0 Å². The molecule has 190 valence electrons. The largest absolute Gasteiger partial charge is 0.369 e. The summed E-state index contributed by atoms with van der Waals surface area (Å²) >= 11 is 0. The van der Waals surface area contributed by atoms with E-state index in [1.807, 2.05) is 0 Å². The quantitative estimate of drug-likeness (QED) is 0.284. The van der Waals surface area contributed by atoms with E-state index in [2.05, 4.69) is 39.5 Å². The number of nitrogens with two attached hydrogens (primary N) is 1. The Balaban J connectivity index is 1.81. The van der Waals surface area contributed by atoms with Crippen LogP contribution >= 0.6 is 0 Å². The number of piperidine rings is 1. The van der Waals surface area contributed by atoms with Crippen molar-refractivity contribution in [3.63, 3.8) is 0 Å². The lowest BCUT2D eigenvalue weighted by molar-refractivity contribution is -0.149. The maximum atomic E-state index is 13.2. The molecule has 2 saturated heterocycles. The normalized spacial score (nSPS) is 23.4. The second-order valence-corrected chi connectivity index (χ2v) is 11.7. The van der Waals surface area contributed by atoms with Gasteiger partial charge in [-0.2, -0.15) is 0 Å². The molecule has 6 heteroatoms. The minimum Gasteiger partial charge on any atom is -0.369 e. The van der Waals surface area contributed by atoms with Gasteiger partial charge in [-0.05, 0) is 47.0 Å². The van der Waals surface area contributed by atoms with Crippen molar-refractivity contribution in [1.29, 1.82) is 0 Å². The highest BCUT2D eigenvalue weighted by molar-refractivity contribution is 6.03. The molecule has 0 bridgehead atoms. The molecule has 2 heterocycles. The van der Waals surface area contributed by atoms with Gasteiger partial charge in [-0.1, -0.05) is 71.1 Å². The van der Waals surface area contributed by atoms with E-state index in [1.165, 1.54) is 51.4 Å². The van der Waals surface area contributed by atoms with E-state index in [0.717, 1.165) is 19.3 Å². The minimum atomic E-state index is -0.348. The molecular weight excluding hydrogens is 414 g/mol. The molecule has 0 spiro atoms. The van der Waals surface area contributed by atoms with Gasteiger partial charge in [0, 0.05) is 29.5 Å². The smallest absolute Gasteiger partial charge is 0.233 e. The summed E-state index contributed by atoms with van der Waals surface area (Å²) in [6.07, 6.45) is 15.3. The van der Waals surface area contributed by atoms with Crippen LogP contribution in [-0.4, -0.2) is 51.2 Å². The fourth-order valence-corrected chi connectivity index (χ4v) is 6.23. The lowest BCUT2D eigenvalue weighted by Gasteiger charge is -2.56. The van der Waals surface area contributed by atoms with Gasteiger partial charge >= 0.3 is 0 Å². The molecule has 2 fully saturated rings. The molecule has 2 aliphatic rings. The maximum Gasteiger partial charge on any atom is 0.233 e. The number of nitrogens with zero attached hydrogens (tertiary/aromatic N) is 2. The number of hydrogen-bond acceptors (Lipinski definition) is 4. The van der Waals surface area contributed by atoms with Crippen molar-refractivity contribution in [2.24, 2.45) is 11.7 Å². The number of primary amides is 1. The number of unbranched alkanes of at least 4 members (excludes halogenated alkanes) is 9. The Bertz CT molecular complexity index is 656. The third kappa shape index (κ3) is 7.80. The van der Waals surface area contributed by atoms with E-state index in [1.54, 1.807) is 4.90 Å². The van der Waals surface area contributed by atoms with Crippen molar-refractivity contribution in [1.82, 2.24) is 9.80 Å². The Morgan fingerprint density at radius 2 is 1.36 bits per heavy atom. The van der Waals surface area contributed by atoms with Crippen LogP contribution in [-0.2, 0) is 14.4 Å². The van der Waals surface area contributed by atoms with Crippen LogP contribution in [0.4, 0.5) is 0 Å². The van der Waals surface area contributed by atoms with Crippen LogP contribution in [0.2, 0.25) is 0 Å². The molecule has 0 aromatic carbocycles. The van der Waals surface area contributed by atoms with Crippen molar-refractivity contribution in [2.45, 2.75) is 142 Å². The van der Waals surface area contributed by atoms with Gasteiger partial charge in [0.25, 0.3) is 0 Å². The van der Waals surface area contributed by atoms with Crippen molar-refractivity contribution < 1.29 is 14.4 Å². The van der Waals surface area contributed by atoms with Gasteiger partial charge in [0.2, 0.25) is 17.7 Å². The lowest BCUT2D eigenvalue weighted by Crippen LogP contribution is -2.66. The van der Waals surface area contributed by atoms with Crippen LogP contribution in [0, 0.1) is 5.92 Å². The van der Waals surface area contributed by atoms with E-state index in [9.17, 15) is 14.4 Å². The lowest BCUT2D eigenvalue weighted by atomic mass is 9.76. The van der Waals surface area contributed by atoms with Gasteiger partial charge in [0.05, 0.1) is 6.54 Å². The number of likely N-dealkylation sites (tertiary alicyclic amines) is 2. The third-order valence-electron chi connectivity index (χ3n) is 7.79. The maximum absolute atomic E-state index is 13.2. The van der Waals surface area contributed by atoms with Crippen LogP contribution in [0.25, 0.3) is 0 Å². The van der Waals surface area contributed by atoms with Crippen LogP contribution < -0.4 is 5.73 Å². The van der Waals surface area contributed by atoms with E-state index in [0.29, 0.717) is 19.3 Å². The summed E-state index contributed by atoms with van der Waals surface area (Å²) in [6, 6.07) is -0.114. The monoisotopic (exact) mass is 463 g/mol. The second-order valence-electron chi connectivity index (χ2n) is 11.7. The van der Waals surface area contributed by atoms with Crippen molar-refractivity contribution >= 4 is 17.7 Å². The molecule has 1 unspecified atom stereocenters. The summed E-state index contributed by atoms with van der Waals surface area (Å²) in [5, 5.41) is 0. The second kappa shape index (κ2) is 12.3. The van der Waals surface area contributed by atoms with E-state index in [-0.39, 0.29) is 47.3 Å². The first kappa shape index (κ1) is 27.8. The Labute approximate surface area is 202 Å². The molecule has 0 radical (unpaired) electrons. The first-order chi connectivity index (χ1) is 15.5. The highest BCUT2D eigenvalue weighted by Gasteiger charge is 2.51. The standard InChI is InChI=1S/C27H49N3O3/c1-6-7-8-9-10-11-12-13-14-15-16-21-17-24(32)30(25(21)33)22-18-26(2,3)29(20-23(28)31)27(4,5)19-22/h21-22H,6-20H2,1-5H3,(H2,28,31). The first-order valence-electron chi connectivity index (χ1n) is 13.4. The zero-order chi connectivity index (χ0) is 24.6. The molecular formula is C27H49N3O3. The van der Waals surface area contributed by atoms with Gasteiger partial charge in [-0.3, -0.25) is 24.2 Å². The summed E-state index contributed by atoms with van der Waals surface area (Å²) in [5.74, 6) is -0.492. The van der Waals surface area contributed by atoms with E-state index < -0.39 is 0 Å². The fraction of sp³-hybridized carbons (Fsp3) is 0.889. The van der Waals surface area contributed by atoms with Crippen LogP contribution in [0.5, 0.6) is 0 Å². The molecule has 2 N–H and O–H groups in total. The number of hydrogen-bond donors (Lipinski definition) is 1. The average molecular weight is 464 g/mol. The fourth-order valence-electron chi connectivity index (χ4n) is 6.23. The first-order valence-corrected chi connectivity index (χ1v) is 13.4. The Kier molecular flexibility index (Phi) is 10.4. The highest BCUT2D eigenvalue weighted by atomic mass is 16.2. The topological polar surface area (TPSA) is 83.7 Å². The zero-order valence-corrected chi connectivity index (χ0v) is 22.0. The number of amides is 3. The predicted molar refractivity (Wildman–Crippen MR) is 134 cm³/mol. The number of carbonyl (C=O) groups is 3. The van der Waals surface area contributed by atoms with Crippen molar-refractivity contribution in [2.75, 3.05) is 6.54 Å². The highest BCUT2D eigenvalue weighted by Crippen LogP contribution is 2.42. The van der Waals surface area contributed by atoms with Crippen LogP contribution in [0.3, 0.4) is 0 Å². The minimum absolute atomic E-state index is 0.0166. The molecule has 2 aliphatic heterocycles. The van der Waals surface area contributed by atoms with Gasteiger partial charge < -0.3 is 5.73 Å². The third-order valence-corrected chi connectivity index (χ3v) is 7.79. The molecule has 0 aromatic rings. The molecule has 6 nitrogen and oxygen atoms in total. The Morgan fingerprint density at radius 3 is 1.85 bits per heavy atom. The molecule has 2 rings (SSSR count). The summed E-state index contributed by atoms with van der Waals surface area (Å²) in [6.45, 7) is 10.8. The van der Waals surface area contributed by atoms with Crippen LogP contribution in [0.15, 0.2) is 0 Å². The number of carbonyl (C=O) groups excluding carboxylic acids is 3. The SMILES string of the molecule is CCCCCCCCCCCCC1CC(=O)N(C2CC(C)(C)N(CC(N)=O)C(C)(C)C2)C1=O. The molecule has 0 aliphatic carbocycles. The number of imide groups is 1. The van der Waals surface area contributed by atoms with E-state index in [4.69, 9.17) is 5.73 Å². The zero-order valence-electron chi connectivity index (χ0n) is 22.0. The number of rotatable bonds is 14. The summed E-state index contributed by atoms with van der Waals surface area (Å²) in [7, 11) is 0. The molecule has 0 saturated carbocycles. The van der Waals surface area contributed by atoms with Crippen LogP contribution in [0.1, 0.15) is 125 Å².